The van der Waals surface area contributed by atoms with Crippen LogP contribution in [0, 0.1) is 0 Å². The number of carbonyl (C=O) groups excluding carboxylic acids is 2. The fourth-order valence-electron chi connectivity index (χ4n) is 4.55. The van der Waals surface area contributed by atoms with Gasteiger partial charge in [0.05, 0.1) is 0 Å². The smallest absolute Gasteiger partial charge is 0.251 e. The Morgan fingerprint density at radius 1 is 0.861 bits per heavy atom. The molecule has 0 radical (unpaired) electrons. The maximum Gasteiger partial charge on any atom is 0.251 e. The molecule has 0 spiro atoms. The Labute approximate surface area is 210 Å². The lowest BCUT2D eigenvalue weighted by molar-refractivity contribution is -0.118. The van der Waals surface area contributed by atoms with Crippen molar-refractivity contribution >= 4 is 17.5 Å². The van der Waals surface area contributed by atoms with E-state index in [1.807, 2.05) is 60.7 Å². The number of benzene rings is 3. The maximum absolute atomic E-state index is 13.4. The highest BCUT2D eigenvalue weighted by atomic mass is 16.2. The number of carbonyl (C=O) groups is 2. The first-order valence-corrected chi connectivity index (χ1v) is 12.4. The van der Waals surface area contributed by atoms with Crippen LogP contribution in [0.25, 0.3) is 11.4 Å². The molecular formula is C29H29N5O2. The number of aromatic nitrogens is 3. The zero-order chi connectivity index (χ0) is 24.7. The highest BCUT2D eigenvalue weighted by Gasteiger charge is 2.23. The van der Waals surface area contributed by atoms with E-state index < -0.39 is 6.04 Å². The lowest BCUT2D eigenvalue weighted by atomic mass is 10.0. The molecule has 3 aromatic carbocycles. The zero-order valence-corrected chi connectivity index (χ0v) is 20.1. The largest absolute Gasteiger partial charge is 0.340 e. The van der Waals surface area contributed by atoms with Crippen LogP contribution in [0.5, 0.6) is 0 Å². The first kappa shape index (κ1) is 23.5. The van der Waals surface area contributed by atoms with Gasteiger partial charge in [0.25, 0.3) is 5.91 Å². The van der Waals surface area contributed by atoms with Crippen molar-refractivity contribution in [3.63, 3.8) is 0 Å². The van der Waals surface area contributed by atoms with Gasteiger partial charge in [-0.1, -0.05) is 67.1 Å². The van der Waals surface area contributed by atoms with Gasteiger partial charge in [0.15, 0.2) is 5.82 Å². The molecular weight excluding hydrogens is 450 g/mol. The Morgan fingerprint density at radius 2 is 1.64 bits per heavy atom. The number of hydrogen-bond acceptors (Lipinski definition) is 4. The highest BCUT2D eigenvalue weighted by Crippen LogP contribution is 2.25. The molecule has 1 atom stereocenters. The van der Waals surface area contributed by atoms with Gasteiger partial charge in [0, 0.05) is 36.2 Å². The average molecular weight is 480 g/mol. The molecule has 7 heteroatoms. The van der Waals surface area contributed by atoms with Gasteiger partial charge in [-0.05, 0) is 42.7 Å². The molecule has 0 saturated carbocycles. The predicted octanol–water partition coefficient (Wildman–Crippen LogP) is 4.65. The van der Waals surface area contributed by atoms with Crippen LogP contribution in [-0.2, 0) is 24.2 Å². The maximum atomic E-state index is 13.4. The summed E-state index contributed by atoms with van der Waals surface area (Å²) in [5.41, 5.74) is 3.03. The van der Waals surface area contributed by atoms with Crippen LogP contribution in [0.2, 0.25) is 0 Å². The van der Waals surface area contributed by atoms with Crippen molar-refractivity contribution in [2.24, 2.45) is 0 Å². The summed E-state index contributed by atoms with van der Waals surface area (Å²) in [4.78, 5) is 26.3. The number of hydrogen-bond donors (Lipinski definition) is 2. The molecule has 36 heavy (non-hydrogen) atoms. The molecule has 2 heterocycles. The molecule has 182 valence electrons. The van der Waals surface area contributed by atoms with Crippen LogP contribution in [-0.4, -0.2) is 32.6 Å². The lowest BCUT2D eigenvalue weighted by Crippen LogP contribution is -2.45. The summed E-state index contributed by atoms with van der Waals surface area (Å²) in [6, 6.07) is 25.5. The van der Waals surface area contributed by atoms with Gasteiger partial charge in [0.2, 0.25) is 5.91 Å². The monoisotopic (exact) mass is 479 g/mol. The molecule has 2 amide bonds. The third kappa shape index (κ3) is 5.51. The van der Waals surface area contributed by atoms with Crippen molar-refractivity contribution in [2.45, 2.75) is 44.7 Å². The molecule has 4 aromatic rings. The van der Waals surface area contributed by atoms with Crippen molar-refractivity contribution in [3.05, 3.63) is 102 Å². The molecule has 1 aliphatic rings. The second-order valence-corrected chi connectivity index (χ2v) is 9.05. The topological polar surface area (TPSA) is 88.9 Å². The summed E-state index contributed by atoms with van der Waals surface area (Å²) in [7, 11) is 0. The third-order valence-electron chi connectivity index (χ3n) is 6.44. The Bertz CT molecular complexity index is 1330. The van der Waals surface area contributed by atoms with Crippen LogP contribution in [0.1, 0.15) is 41.0 Å². The summed E-state index contributed by atoms with van der Waals surface area (Å²) in [5, 5.41) is 14.8. The van der Waals surface area contributed by atoms with E-state index in [4.69, 9.17) is 0 Å². The number of aryl methyl sites for hydroxylation is 1. The summed E-state index contributed by atoms with van der Waals surface area (Å²) >= 11 is 0. The molecule has 2 N–H and O–H groups in total. The molecule has 0 saturated heterocycles. The summed E-state index contributed by atoms with van der Waals surface area (Å²) in [5.74, 6) is 1.27. The summed E-state index contributed by atoms with van der Waals surface area (Å²) in [6.45, 7) is 0.902. The van der Waals surface area contributed by atoms with Gasteiger partial charge >= 0.3 is 0 Å². The van der Waals surface area contributed by atoms with Crippen molar-refractivity contribution in [1.29, 1.82) is 0 Å². The van der Waals surface area contributed by atoms with Crippen LogP contribution in [0.15, 0.2) is 84.9 Å². The van der Waals surface area contributed by atoms with E-state index in [9.17, 15) is 9.59 Å². The Balaban J connectivity index is 1.36. The number of rotatable bonds is 7. The lowest BCUT2D eigenvalue weighted by Gasteiger charge is -2.19. The fraction of sp³-hybridized carbons (Fsp3) is 0.241. The first-order chi connectivity index (χ1) is 17.7. The zero-order valence-electron chi connectivity index (χ0n) is 20.1. The Hall–Kier alpha value is -4.26. The molecule has 1 aliphatic heterocycles. The molecule has 0 aliphatic carbocycles. The minimum absolute atomic E-state index is 0.277. The van der Waals surface area contributed by atoms with Gasteiger partial charge in [-0.15, -0.1) is 10.2 Å². The van der Waals surface area contributed by atoms with E-state index in [0.717, 1.165) is 48.6 Å². The van der Waals surface area contributed by atoms with Crippen molar-refractivity contribution in [3.8, 4) is 11.4 Å². The van der Waals surface area contributed by atoms with E-state index >= 15 is 0 Å². The molecule has 0 fully saturated rings. The highest BCUT2D eigenvalue weighted by molar-refractivity contribution is 6.01. The normalized spacial score (nSPS) is 13.8. The Kier molecular flexibility index (Phi) is 7.17. The van der Waals surface area contributed by atoms with Gasteiger partial charge < -0.3 is 15.2 Å². The molecule has 7 nitrogen and oxygen atoms in total. The number of amides is 2. The van der Waals surface area contributed by atoms with Crippen LogP contribution in [0.3, 0.4) is 0 Å². The first-order valence-electron chi connectivity index (χ1n) is 12.4. The molecule has 1 aromatic heterocycles. The van der Waals surface area contributed by atoms with Gasteiger partial charge in [0.1, 0.15) is 11.9 Å². The molecule has 5 rings (SSSR count). The van der Waals surface area contributed by atoms with Crippen LogP contribution < -0.4 is 10.6 Å². The van der Waals surface area contributed by atoms with Gasteiger partial charge in [-0.3, -0.25) is 9.59 Å². The van der Waals surface area contributed by atoms with Gasteiger partial charge in [-0.25, -0.2) is 0 Å². The number of anilines is 1. The van der Waals surface area contributed by atoms with Crippen LogP contribution in [0.4, 0.5) is 5.69 Å². The van der Waals surface area contributed by atoms with E-state index in [-0.39, 0.29) is 11.8 Å². The standard InChI is InChI=1S/C29H29N5O2/c35-28(22-13-6-2-7-14-22)31-25(19-21-11-4-1-5-12-21)29(36)30-24-16-10-15-23(20-24)27-33-32-26-17-8-3-9-18-34(26)27/h1-2,4-7,10-16,20,25H,3,8-9,17-19H2,(H,30,36)(H,31,35)/t25-/m1/s1. The minimum atomic E-state index is -0.742. The van der Waals surface area contributed by atoms with Crippen molar-refractivity contribution in [2.75, 3.05) is 5.32 Å². The summed E-state index contributed by atoms with van der Waals surface area (Å²) < 4.78 is 2.19. The molecule has 0 unspecified atom stereocenters. The Morgan fingerprint density at radius 3 is 2.44 bits per heavy atom. The quantitative estimate of drug-likeness (QED) is 0.404. The third-order valence-corrected chi connectivity index (χ3v) is 6.44. The SMILES string of the molecule is O=C(N[C@H](Cc1ccccc1)C(=O)Nc1cccc(-c2nnc3n2CCCCC3)c1)c1ccccc1. The van der Waals surface area contributed by atoms with Crippen molar-refractivity contribution < 1.29 is 9.59 Å². The number of nitrogens with zero attached hydrogens (tertiary/aromatic N) is 3. The number of nitrogens with one attached hydrogen (secondary N) is 2. The van der Waals surface area contributed by atoms with E-state index in [1.54, 1.807) is 24.3 Å². The number of fused-ring (bicyclic) bond motifs is 1. The predicted molar refractivity (Wildman–Crippen MR) is 139 cm³/mol. The van der Waals surface area contributed by atoms with E-state index in [1.165, 1.54) is 6.42 Å². The van der Waals surface area contributed by atoms with Gasteiger partial charge in [-0.2, -0.15) is 0 Å². The second-order valence-electron chi connectivity index (χ2n) is 9.05. The average Bonchev–Trinajstić information content (AvgIpc) is 3.17. The fourth-order valence-corrected chi connectivity index (χ4v) is 4.55. The van der Waals surface area contributed by atoms with E-state index in [0.29, 0.717) is 17.7 Å². The van der Waals surface area contributed by atoms with E-state index in [2.05, 4.69) is 25.4 Å². The van der Waals surface area contributed by atoms with Crippen LogP contribution >= 0.6 is 0 Å². The van der Waals surface area contributed by atoms with Crippen molar-refractivity contribution in [1.82, 2.24) is 20.1 Å². The minimum Gasteiger partial charge on any atom is -0.340 e. The second kappa shape index (κ2) is 11.0. The molecule has 0 bridgehead atoms. The summed E-state index contributed by atoms with van der Waals surface area (Å²) in [6.07, 6.45) is 4.74.